The summed E-state index contributed by atoms with van der Waals surface area (Å²) in [7, 11) is 0. The van der Waals surface area contributed by atoms with Gasteiger partial charge in [0.05, 0.1) is 6.04 Å². The molecule has 2 aliphatic heterocycles. The van der Waals surface area contributed by atoms with E-state index in [-0.39, 0.29) is 0 Å². The van der Waals surface area contributed by atoms with Crippen LogP contribution in [0.3, 0.4) is 0 Å². The fourth-order valence-corrected chi connectivity index (χ4v) is 4.17. The highest BCUT2D eigenvalue weighted by Gasteiger charge is 2.23. The molecule has 0 saturated carbocycles. The first-order chi connectivity index (χ1) is 10.3. The van der Waals surface area contributed by atoms with Crippen LogP contribution in [0.25, 0.3) is 0 Å². The van der Waals surface area contributed by atoms with Crippen LogP contribution in [0.5, 0.6) is 0 Å². The molecule has 114 valence electrons. The molecule has 3 rings (SSSR count). The summed E-state index contributed by atoms with van der Waals surface area (Å²) >= 11 is 1.89. The van der Waals surface area contributed by atoms with Crippen molar-refractivity contribution in [2.24, 2.45) is 4.99 Å². The predicted octanol–water partition coefficient (Wildman–Crippen LogP) is 3.12. The van der Waals surface area contributed by atoms with E-state index in [1.54, 1.807) is 0 Å². The van der Waals surface area contributed by atoms with Crippen LogP contribution < -0.4 is 5.32 Å². The molecule has 2 aliphatic rings. The molecule has 2 atom stereocenters. The molecule has 1 N–H and O–H groups in total. The lowest BCUT2D eigenvalue weighted by molar-refractivity contribution is 0.193. The van der Waals surface area contributed by atoms with Gasteiger partial charge in [-0.05, 0) is 31.4 Å². The lowest BCUT2D eigenvalue weighted by Crippen LogP contribution is -2.46. The molecular weight excluding hydrogens is 278 g/mol. The maximum atomic E-state index is 4.76. The molecule has 0 aliphatic carbocycles. The third-order valence-corrected chi connectivity index (χ3v) is 5.31. The van der Waals surface area contributed by atoms with Gasteiger partial charge in [-0.15, -0.1) is 0 Å². The summed E-state index contributed by atoms with van der Waals surface area (Å²) < 4.78 is 0. The number of piperidine rings is 1. The predicted molar refractivity (Wildman–Crippen MR) is 91.8 cm³/mol. The van der Waals surface area contributed by atoms with Crippen LogP contribution in [0, 0.1) is 0 Å². The number of benzene rings is 1. The molecule has 1 aromatic rings. The molecule has 1 aromatic carbocycles. The van der Waals surface area contributed by atoms with E-state index in [0.29, 0.717) is 12.1 Å². The van der Waals surface area contributed by atoms with E-state index in [0.717, 1.165) is 25.3 Å². The lowest BCUT2D eigenvalue weighted by atomic mass is 10.1. The molecule has 0 spiro atoms. The fourth-order valence-electron chi connectivity index (χ4n) is 3.04. The van der Waals surface area contributed by atoms with Gasteiger partial charge < -0.3 is 5.32 Å². The highest BCUT2D eigenvalue weighted by Crippen LogP contribution is 2.21. The zero-order valence-corrected chi connectivity index (χ0v) is 13.6. The monoisotopic (exact) mass is 303 g/mol. The van der Waals surface area contributed by atoms with Crippen molar-refractivity contribution in [1.82, 2.24) is 10.2 Å². The first-order valence-electron chi connectivity index (χ1n) is 8.07. The third kappa shape index (κ3) is 4.24. The van der Waals surface area contributed by atoms with Crippen LogP contribution in [0.15, 0.2) is 35.3 Å². The SMILES string of the molecule is CCC1CSC(NC2CCCN(Cc3ccccc3)C2)=N1. The molecule has 4 heteroatoms. The standard InChI is InChI=1S/C17H25N3S/c1-2-15-13-21-17(18-15)19-16-9-6-10-20(12-16)11-14-7-4-3-5-8-14/h3-5,7-8,15-16H,2,6,9-13H2,1H3,(H,18,19). The Kier molecular flexibility index (Phi) is 5.20. The second kappa shape index (κ2) is 7.32. The van der Waals surface area contributed by atoms with Gasteiger partial charge in [-0.1, -0.05) is 49.0 Å². The summed E-state index contributed by atoms with van der Waals surface area (Å²) in [5, 5.41) is 4.84. The average Bonchev–Trinajstić information content (AvgIpc) is 2.96. The van der Waals surface area contributed by atoms with Gasteiger partial charge in [-0.25, -0.2) is 0 Å². The first-order valence-corrected chi connectivity index (χ1v) is 9.05. The maximum absolute atomic E-state index is 4.76. The van der Waals surface area contributed by atoms with Crippen molar-refractivity contribution >= 4 is 16.9 Å². The van der Waals surface area contributed by atoms with Crippen molar-refractivity contribution in [1.29, 1.82) is 0 Å². The lowest BCUT2D eigenvalue weighted by Gasteiger charge is -2.33. The van der Waals surface area contributed by atoms with Gasteiger partial charge in [0.25, 0.3) is 0 Å². The second-order valence-corrected chi connectivity index (χ2v) is 7.02. The van der Waals surface area contributed by atoms with Gasteiger partial charge >= 0.3 is 0 Å². The van der Waals surface area contributed by atoms with Gasteiger partial charge in [0.2, 0.25) is 0 Å². The molecule has 3 nitrogen and oxygen atoms in total. The number of thioether (sulfide) groups is 1. The number of hydrogen-bond donors (Lipinski definition) is 1. The Morgan fingerprint density at radius 2 is 2.19 bits per heavy atom. The Hall–Kier alpha value is -1.00. The highest BCUT2D eigenvalue weighted by molar-refractivity contribution is 8.14. The Balaban J connectivity index is 1.51. The van der Waals surface area contributed by atoms with E-state index in [9.17, 15) is 0 Å². The zero-order valence-electron chi connectivity index (χ0n) is 12.8. The van der Waals surface area contributed by atoms with Crippen LogP contribution in [0.2, 0.25) is 0 Å². The Labute approximate surface area is 132 Å². The summed E-state index contributed by atoms with van der Waals surface area (Å²) in [5.41, 5.74) is 1.41. The van der Waals surface area contributed by atoms with Crippen LogP contribution in [0.1, 0.15) is 31.7 Å². The van der Waals surface area contributed by atoms with Crippen molar-refractivity contribution in [2.75, 3.05) is 18.8 Å². The number of nitrogens with one attached hydrogen (secondary N) is 1. The van der Waals surface area contributed by atoms with E-state index >= 15 is 0 Å². The number of amidine groups is 1. The molecule has 0 radical (unpaired) electrons. The molecule has 0 amide bonds. The van der Waals surface area contributed by atoms with E-state index in [2.05, 4.69) is 47.5 Å². The zero-order chi connectivity index (χ0) is 14.5. The Bertz CT molecular complexity index is 474. The van der Waals surface area contributed by atoms with Gasteiger partial charge in [-0.3, -0.25) is 9.89 Å². The number of nitrogens with zero attached hydrogens (tertiary/aromatic N) is 2. The largest absolute Gasteiger partial charge is 0.361 e. The number of likely N-dealkylation sites (tertiary alicyclic amines) is 1. The maximum Gasteiger partial charge on any atom is 0.157 e. The third-order valence-electron chi connectivity index (χ3n) is 4.27. The van der Waals surface area contributed by atoms with Crippen LogP contribution >= 0.6 is 11.8 Å². The molecule has 0 aromatic heterocycles. The highest BCUT2D eigenvalue weighted by atomic mass is 32.2. The van der Waals surface area contributed by atoms with Gasteiger partial charge in [0.15, 0.2) is 5.17 Å². The molecule has 2 unspecified atom stereocenters. The molecular formula is C17H25N3S. The smallest absolute Gasteiger partial charge is 0.157 e. The van der Waals surface area contributed by atoms with Crippen molar-refractivity contribution < 1.29 is 0 Å². The van der Waals surface area contributed by atoms with E-state index < -0.39 is 0 Å². The Morgan fingerprint density at radius 1 is 1.33 bits per heavy atom. The van der Waals surface area contributed by atoms with Crippen molar-refractivity contribution in [3.05, 3.63) is 35.9 Å². The molecule has 21 heavy (non-hydrogen) atoms. The summed E-state index contributed by atoms with van der Waals surface area (Å²) in [4.78, 5) is 7.32. The minimum absolute atomic E-state index is 0.529. The topological polar surface area (TPSA) is 27.6 Å². The minimum atomic E-state index is 0.529. The molecule has 0 bridgehead atoms. The van der Waals surface area contributed by atoms with Crippen molar-refractivity contribution in [3.8, 4) is 0 Å². The number of hydrogen-bond acceptors (Lipinski definition) is 4. The molecule has 1 saturated heterocycles. The van der Waals surface area contributed by atoms with E-state index in [1.807, 2.05) is 11.8 Å². The molecule has 1 fully saturated rings. The van der Waals surface area contributed by atoms with Gasteiger partial charge in [-0.2, -0.15) is 0 Å². The fraction of sp³-hybridized carbons (Fsp3) is 0.588. The normalized spacial score (nSPS) is 26.6. The number of aliphatic imine (C=N–C) groups is 1. The van der Waals surface area contributed by atoms with Gasteiger partial charge in [0, 0.05) is 24.9 Å². The Morgan fingerprint density at radius 3 is 2.95 bits per heavy atom. The number of rotatable bonds is 4. The first kappa shape index (κ1) is 14.9. The van der Waals surface area contributed by atoms with Gasteiger partial charge in [0.1, 0.15) is 0 Å². The van der Waals surface area contributed by atoms with Crippen molar-refractivity contribution in [2.45, 2.75) is 44.8 Å². The second-order valence-electron chi connectivity index (χ2n) is 6.01. The minimum Gasteiger partial charge on any atom is -0.361 e. The summed E-state index contributed by atoms with van der Waals surface area (Å²) in [6.45, 7) is 5.63. The van der Waals surface area contributed by atoms with E-state index in [1.165, 1.54) is 30.1 Å². The van der Waals surface area contributed by atoms with Crippen LogP contribution in [-0.2, 0) is 6.54 Å². The van der Waals surface area contributed by atoms with Crippen LogP contribution in [-0.4, -0.2) is 41.0 Å². The molecule has 2 heterocycles. The summed E-state index contributed by atoms with van der Waals surface area (Å²) in [5.74, 6) is 1.15. The van der Waals surface area contributed by atoms with E-state index in [4.69, 9.17) is 4.99 Å². The summed E-state index contributed by atoms with van der Waals surface area (Å²) in [6.07, 6.45) is 3.70. The van der Waals surface area contributed by atoms with Crippen molar-refractivity contribution in [3.63, 3.8) is 0 Å². The average molecular weight is 303 g/mol. The van der Waals surface area contributed by atoms with Crippen LogP contribution in [0.4, 0.5) is 0 Å². The summed E-state index contributed by atoms with van der Waals surface area (Å²) in [6, 6.07) is 11.9. The quantitative estimate of drug-likeness (QED) is 0.926.